The number of hydrogen-bond acceptors (Lipinski definition) is 2. The van der Waals surface area contributed by atoms with Crippen molar-refractivity contribution in [2.75, 3.05) is 0 Å². The van der Waals surface area contributed by atoms with E-state index in [0.717, 1.165) is 36.8 Å². The summed E-state index contributed by atoms with van der Waals surface area (Å²) in [7, 11) is 0. The molecule has 4 aliphatic carbocycles. The molecule has 2 nitrogen and oxygen atoms in total. The fourth-order valence-corrected chi connectivity index (χ4v) is 10.6. The summed E-state index contributed by atoms with van der Waals surface area (Å²) in [4.78, 5) is 30.4. The van der Waals surface area contributed by atoms with E-state index in [-0.39, 0.29) is 22.7 Å². The number of hydrogen-bond donors (Lipinski definition) is 0. The van der Waals surface area contributed by atoms with E-state index in [0.29, 0.717) is 24.4 Å². The van der Waals surface area contributed by atoms with Crippen molar-refractivity contribution >= 4 is 23.7 Å². The van der Waals surface area contributed by atoms with Crippen LogP contribution in [0.4, 0.5) is 0 Å². The Morgan fingerprint density at radius 1 is 0.600 bits per heavy atom. The van der Waals surface area contributed by atoms with Crippen molar-refractivity contribution in [3.63, 3.8) is 0 Å². The van der Waals surface area contributed by atoms with Crippen molar-refractivity contribution in [2.45, 2.75) is 80.1 Å². The quantitative estimate of drug-likeness (QED) is 0.355. The number of benzene rings is 2. The molecule has 40 heavy (non-hydrogen) atoms. The molecule has 4 saturated carbocycles. The molecule has 0 aliphatic heterocycles. The Balaban J connectivity index is 1.56. The SMILES string of the molecule is CC1(C)[C@H]2CC[C@@]1(C)C(=O)[C@]2(C/C=C\c1ccccc1)[C@]1(C/C=C/c2ccccc2)C(=O)[C@]2(C)CC[C@H]1C2(C)C. The Labute approximate surface area is 241 Å². The highest BCUT2D eigenvalue weighted by Gasteiger charge is 2.85. The molecule has 4 fully saturated rings. The molecule has 6 atom stereocenters. The first-order valence-electron chi connectivity index (χ1n) is 15.4. The van der Waals surface area contributed by atoms with Gasteiger partial charge >= 0.3 is 0 Å². The third-order valence-electron chi connectivity index (χ3n) is 13.4. The Bertz CT molecular complexity index is 1270. The van der Waals surface area contributed by atoms with Gasteiger partial charge < -0.3 is 0 Å². The van der Waals surface area contributed by atoms with E-state index in [1.54, 1.807) is 0 Å². The Morgan fingerprint density at radius 3 is 1.25 bits per heavy atom. The lowest BCUT2D eigenvalue weighted by Crippen LogP contribution is -2.59. The van der Waals surface area contributed by atoms with E-state index in [1.165, 1.54) is 0 Å². The first-order chi connectivity index (χ1) is 18.9. The van der Waals surface area contributed by atoms with Gasteiger partial charge in [0, 0.05) is 21.7 Å². The summed E-state index contributed by atoms with van der Waals surface area (Å²) in [6.45, 7) is 13.7. The van der Waals surface area contributed by atoms with Gasteiger partial charge in [-0.2, -0.15) is 0 Å². The predicted molar refractivity (Wildman–Crippen MR) is 164 cm³/mol. The summed E-state index contributed by atoms with van der Waals surface area (Å²) in [5.74, 6) is 1.11. The molecule has 0 N–H and O–H groups in total. The van der Waals surface area contributed by atoms with E-state index in [9.17, 15) is 0 Å². The molecule has 0 saturated heterocycles. The maximum absolute atomic E-state index is 15.2. The number of carbonyl (C=O) groups is 2. The fraction of sp³-hybridized carbons (Fsp3) is 0.526. The van der Waals surface area contributed by atoms with Crippen LogP contribution >= 0.6 is 0 Å². The summed E-state index contributed by atoms with van der Waals surface area (Å²) >= 11 is 0. The molecule has 0 radical (unpaired) electrons. The van der Waals surface area contributed by atoms with Crippen LogP contribution in [-0.2, 0) is 9.59 Å². The Hall–Kier alpha value is -2.74. The van der Waals surface area contributed by atoms with Gasteiger partial charge in [-0.25, -0.2) is 0 Å². The highest BCUT2D eigenvalue weighted by atomic mass is 16.1. The van der Waals surface area contributed by atoms with Gasteiger partial charge in [-0.05, 0) is 72.3 Å². The molecule has 0 unspecified atom stereocenters. The van der Waals surface area contributed by atoms with Gasteiger partial charge in [-0.15, -0.1) is 0 Å². The first-order valence-corrected chi connectivity index (χ1v) is 15.4. The monoisotopic (exact) mass is 534 g/mol. The molecule has 0 aromatic heterocycles. The average Bonchev–Trinajstić information content (AvgIpc) is 3.42. The highest BCUT2D eigenvalue weighted by Crippen LogP contribution is 2.83. The van der Waals surface area contributed by atoms with Crippen LogP contribution in [0.25, 0.3) is 12.2 Å². The molecule has 0 heterocycles. The van der Waals surface area contributed by atoms with Gasteiger partial charge in [0.05, 0.1) is 0 Å². The lowest BCUT2D eigenvalue weighted by Gasteiger charge is -2.55. The molecule has 4 bridgehead atoms. The normalized spacial score (nSPS) is 39.2. The second-order valence-electron chi connectivity index (χ2n) is 14.9. The smallest absolute Gasteiger partial charge is 0.147 e. The first kappa shape index (κ1) is 27.4. The fourth-order valence-electron chi connectivity index (χ4n) is 10.6. The summed E-state index contributed by atoms with van der Waals surface area (Å²) in [5, 5.41) is 0. The van der Waals surface area contributed by atoms with Gasteiger partial charge in [0.15, 0.2) is 0 Å². The van der Waals surface area contributed by atoms with E-state index in [4.69, 9.17) is 0 Å². The minimum absolute atomic E-state index is 0.145. The Morgan fingerprint density at radius 2 is 0.950 bits per heavy atom. The maximum Gasteiger partial charge on any atom is 0.147 e. The van der Waals surface area contributed by atoms with Gasteiger partial charge in [-0.3, -0.25) is 9.59 Å². The van der Waals surface area contributed by atoms with Crippen LogP contribution in [-0.4, -0.2) is 11.6 Å². The van der Waals surface area contributed by atoms with Crippen LogP contribution in [0.5, 0.6) is 0 Å². The minimum Gasteiger partial charge on any atom is -0.298 e. The van der Waals surface area contributed by atoms with Gasteiger partial charge in [-0.1, -0.05) is 127 Å². The van der Waals surface area contributed by atoms with E-state index in [1.807, 2.05) is 12.1 Å². The summed E-state index contributed by atoms with van der Waals surface area (Å²) in [6.07, 6.45) is 14.0. The van der Waals surface area contributed by atoms with Crippen molar-refractivity contribution in [3.8, 4) is 0 Å². The average molecular weight is 535 g/mol. The van der Waals surface area contributed by atoms with Crippen molar-refractivity contribution in [1.29, 1.82) is 0 Å². The molecular formula is C38H46O2. The van der Waals surface area contributed by atoms with Crippen LogP contribution in [0.2, 0.25) is 0 Å². The molecule has 2 aromatic carbocycles. The maximum atomic E-state index is 15.2. The van der Waals surface area contributed by atoms with Crippen LogP contribution in [0.3, 0.4) is 0 Å². The number of Topliss-reactive ketones (excluding diaryl/α,β-unsaturated/α-hetero) is 2. The van der Waals surface area contributed by atoms with Crippen LogP contribution in [0.15, 0.2) is 72.8 Å². The third-order valence-corrected chi connectivity index (χ3v) is 13.4. The molecule has 2 heteroatoms. The number of carbonyl (C=O) groups excluding carboxylic acids is 2. The topological polar surface area (TPSA) is 34.1 Å². The van der Waals surface area contributed by atoms with Crippen molar-refractivity contribution in [1.82, 2.24) is 0 Å². The van der Waals surface area contributed by atoms with Crippen molar-refractivity contribution < 1.29 is 9.59 Å². The van der Waals surface area contributed by atoms with Crippen molar-refractivity contribution in [3.05, 3.63) is 83.9 Å². The van der Waals surface area contributed by atoms with Gasteiger partial charge in [0.25, 0.3) is 0 Å². The number of rotatable bonds is 7. The molecule has 0 amide bonds. The molecule has 4 aliphatic rings. The van der Waals surface area contributed by atoms with Crippen molar-refractivity contribution in [2.24, 2.45) is 44.3 Å². The zero-order chi connectivity index (χ0) is 28.6. The van der Waals surface area contributed by atoms with Crippen LogP contribution in [0.1, 0.15) is 91.2 Å². The standard InChI is InChI=1S/C38H46O2/c1-33(2)29-21-25-35(33,5)31(39)37(29,23-13-19-27-15-9-7-10-16-27)38(24-14-20-28-17-11-8-12-18-28)30-22-26-36(6,32(38)40)34(30,3)4/h7-20,29-30H,21-26H2,1-6H3/b19-13-,20-14+/t29-,30+,35+,36+,37-,38+/m1/s1. The minimum atomic E-state index is -0.701. The van der Waals surface area contributed by atoms with E-state index < -0.39 is 21.7 Å². The predicted octanol–water partition coefficient (Wildman–Crippen LogP) is 9.22. The van der Waals surface area contributed by atoms with Gasteiger partial charge in [0.2, 0.25) is 0 Å². The third kappa shape index (κ3) is 3.17. The lowest BCUT2D eigenvalue weighted by atomic mass is 9.45. The van der Waals surface area contributed by atoms with Crippen LogP contribution in [0, 0.1) is 44.3 Å². The molecule has 0 spiro atoms. The summed E-state index contributed by atoms with van der Waals surface area (Å²) in [5.41, 5.74) is -0.211. The molecule has 6 rings (SSSR count). The zero-order valence-electron chi connectivity index (χ0n) is 25.3. The van der Waals surface area contributed by atoms with E-state index >= 15 is 9.59 Å². The second-order valence-corrected chi connectivity index (χ2v) is 14.9. The summed E-state index contributed by atoms with van der Waals surface area (Å²) < 4.78 is 0. The molecule has 2 aromatic rings. The number of fused-ring (bicyclic) bond motifs is 4. The largest absolute Gasteiger partial charge is 0.298 e. The highest BCUT2D eigenvalue weighted by molar-refractivity contribution is 6.05. The van der Waals surface area contributed by atoms with Gasteiger partial charge in [0.1, 0.15) is 11.6 Å². The Kier molecular flexibility index (Phi) is 6.09. The van der Waals surface area contributed by atoms with E-state index in [2.05, 4.69) is 114 Å². The number of ketones is 2. The zero-order valence-corrected chi connectivity index (χ0v) is 25.3. The molecular weight excluding hydrogens is 488 g/mol. The lowest BCUT2D eigenvalue weighted by molar-refractivity contribution is -0.163. The summed E-state index contributed by atoms with van der Waals surface area (Å²) in [6, 6.07) is 20.7. The van der Waals surface area contributed by atoms with Crippen LogP contribution < -0.4 is 0 Å². The number of allylic oxidation sites excluding steroid dienone is 2. The second kappa shape index (κ2) is 8.88. The molecule has 210 valence electrons.